The highest BCUT2D eigenvalue weighted by Crippen LogP contribution is 2.34. The van der Waals surface area contributed by atoms with Gasteiger partial charge in [0.15, 0.2) is 5.82 Å². The highest BCUT2D eigenvalue weighted by molar-refractivity contribution is 6.31. The summed E-state index contributed by atoms with van der Waals surface area (Å²) in [5, 5.41) is 20.0. The predicted molar refractivity (Wildman–Crippen MR) is 157 cm³/mol. The van der Waals surface area contributed by atoms with Crippen LogP contribution in [0.5, 0.6) is 0 Å². The second-order valence-electron chi connectivity index (χ2n) is 10.2. The van der Waals surface area contributed by atoms with Gasteiger partial charge in [0.2, 0.25) is 5.91 Å². The number of aryl methyl sites for hydroxylation is 1. The van der Waals surface area contributed by atoms with Crippen molar-refractivity contribution in [1.82, 2.24) is 34.1 Å². The summed E-state index contributed by atoms with van der Waals surface area (Å²) in [5.41, 5.74) is 1.17. The maximum absolute atomic E-state index is 15.5. The van der Waals surface area contributed by atoms with Crippen molar-refractivity contribution in [2.75, 3.05) is 5.32 Å². The molecule has 1 aliphatic heterocycles. The summed E-state index contributed by atoms with van der Waals surface area (Å²) in [4.78, 5) is 35.8. The lowest BCUT2D eigenvalue weighted by atomic mass is 9.97. The van der Waals surface area contributed by atoms with Crippen molar-refractivity contribution in [2.24, 2.45) is 12.9 Å². The lowest BCUT2D eigenvalue weighted by molar-refractivity contribution is -0.119. The van der Waals surface area contributed by atoms with Gasteiger partial charge in [0.25, 0.3) is 5.56 Å². The predicted octanol–water partition coefficient (Wildman–Crippen LogP) is 4.90. The third kappa shape index (κ3) is 5.19. The Balaban J connectivity index is 1.47. The van der Waals surface area contributed by atoms with Gasteiger partial charge in [-0.2, -0.15) is 15.5 Å². The first kappa shape index (κ1) is 24.4. The van der Waals surface area contributed by atoms with E-state index in [9.17, 15) is 14.9 Å². The number of aromatic nitrogens is 7. The molecule has 0 spiro atoms. The molecule has 0 saturated heterocycles. The molecule has 0 unspecified atom stereocenters. The van der Waals surface area contributed by atoms with Crippen molar-refractivity contribution in [2.45, 2.75) is 32.2 Å². The van der Waals surface area contributed by atoms with Crippen LogP contribution in [0.25, 0.3) is 28.2 Å². The van der Waals surface area contributed by atoms with E-state index in [1.807, 2.05) is 6.07 Å². The molecule has 0 aliphatic carbocycles. The quantitative estimate of drug-likeness (QED) is 0.311. The Morgan fingerprint density at radius 2 is 2.02 bits per heavy atom. The van der Waals surface area contributed by atoms with Crippen LogP contribution in [0.3, 0.4) is 0 Å². The second kappa shape index (κ2) is 11.3. The highest BCUT2D eigenvalue weighted by atomic mass is 35.5. The molecule has 0 radical (unpaired) electrons. The van der Waals surface area contributed by atoms with Crippen molar-refractivity contribution < 1.29 is 13.3 Å². The Bertz CT molecular complexity index is 2080. The minimum absolute atomic E-state index is 0.00312. The van der Waals surface area contributed by atoms with Gasteiger partial charge in [-0.25, -0.2) is 14.1 Å². The maximum Gasteiger partial charge on any atom is 0.254 e. The number of hydrogen-bond acceptors (Lipinski definition) is 7. The summed E-state index contributed by atoms with van der Waals surface area (Å²) in [6, 6.07) is 8.61. The molecule has 5 aromatic rings. The largest absolute Gasteiger partial charge is 0.323 e. The zero-order chi connectivity index (χ0) is 32.7. The molecule has 1 amide bonds. The summed E-state index contributed by atoms with van der Waals surface area (Å²) >= 11 is 6.12. The third-order valence-corrected chi connectivity index (χ3v) is 7.74. The van der Waals surface area contributed by atoms with Crippen LogP contribution >= 0.6 is 11.6 Å². The zero-order valence-corrected chi connectivity index (χ0v) is 23.5. The molecule has 4 aromatic heterocycles. The molecule has 6 rings (SSSR count). The number of hydrogen-bond donors (Lipinski definition) is 1. The van der Waals surface area contributed by atoms with Crippen LogP contribution in [0.4, 0.5) is 10.1 Å². The van der Waals surface area contributed by atoms with E-state index in [0.717, 1.165) is 4.68 Å². The van der Waals surface area contributed by atoms with Gasteiger partial charge in [-0.3, -0.25) is 23.8 Å². The Morgan fingerprint density at radius 1 is 1.16 bits per heavy atom. The van der Waals surface area contributed by atoms with Gasteiger partial charge in [-0.05, 0) is 37.1 Å². The molecular formula is C30H25ClFN9O2. The number of amides is 1. The summed E-state index contributed by atoms with van der Waals surface area (Å²) in [7, 11) is 0. The van der Waals surface area contributed by atoms with E-state index in [-0.39, 0.29) is 44.8 Å². The molecule has 11 nitrogen and oxygen atoms in total. The van der Waals surface area contributed by atoms with Gasteiger partial charge >= 0.3 is 0 Å². The van der Waals surface area contributed by atoms with Crippen molar-refractivity contribution in [3.8, 4) is 34.3 Å². The SMILES string of the molecule is [2H]C([2H])([2H])n1ncc2c1-c1ccnc(c1)[C@@H](n1cnc(-c3c(-n4cc(C#N)cn4)ccc(Cl)c3F)cc1=O)CCC[C@@H](C)C(=O)N2. The van der Waals surface area contributed by atoms with Gasteiger partial charge in [0, 0.05) is 41.0 Å². The Kier molecular flexibility index (Phi) is 6.40. The topological polar surface area (TPSA) is 136 Å². The normalized spacial score (nSPS) is 18.2. The van der Waals surface area contributed by atoms with Gasteiger partial charge in [0.05, 0.1) is 69.4 Å². The number of nitrogens with zero attached hydrogens (tertiary/aromatic N) is 8. The fourth-order valence-electron chi connectivity index (χ4n) is 5.20. The Hall–Kier alpha value is -5.15. The smallest absolute Gasteiger partial charge is 0.254 e. The van der Waals surface area contributed by atoms with Crippen molar-refractivity contribution >= 4 is 23.2 Å². The minimum Gasteiger partial charge on any atom is -0.323 e. The molecule has 2 atom stereocenters. The zero-order valence-electron chi connectivity index (χ0n) is 25.7. The van der Waals surface area contributed by atoms with Gasteiger partial charge in [0.1, 0.15) is 6.07 Å². The number of nitriles is 1. The maximum atomic E-state index is 15.5. The van der Waals surface area contributed by atoms with Gasteiger partial charge < -0.3 is 5.32 Å². The number of carbonyl (C=O) groups is 1. The van der Waals surface area contributed by atoms with E-state index in [1.54, 1.807) is 19.1 Å². The van der Waals surface area contributed by atoms with Crippen molar-refractivity contribution in [3.63, 3.8) is 0 Å². The van der Waals surface area contributed by atoms with Crippen LogP contribution in [-0.4, -0.2) is 40.0 Å². The second-order valence-corrected chi connectivity index (χ2v) is 10.6. The molecule has 2 bridgehead atoms. The van der Waals surface area contributed by atoms with Crippen molar-refractivity contribution in [1.29, 1.82) is 5.26 Å². The van der Waals surface area contributed by atoms with Crippen LogP contribution in [0, 0.1) is 23.1 Å². The van der Waals surface area contributed by atoms with Gasteiger partial charge in [-0.1, -0.05) is 24.9 Å². The van der Waals surface area contributed by atoms with E-state index in [4.69, 9.17) is 15.7 Å². The first-order chi connectivity index (χ1) is 22.0. The fourth-order valence-corrected chi connectivity index (χ4v) is 5.36. The average molecular weight is 601 g/mol. The van der Waals surface area contributed by atoms with Crippen LogP contribution in [0.15, 0.2) is 66.2 Å². The number of nitrogens with one attached hydrogen (secondary N) is 1. The number of pyridine rings is 1. The molecule has 5 heterocycles. The first-order valence-corrected chi connectivity index (χ1v) is 13.7. The molecule has 0 fully saturated rings. The number of rotatable bonds is 3. The van der Waals surface area contributed by atoms with Gasteiger partial charge in [-0.15, -0.1) is 0 Å². The number of benzene rings is 1. The fraction of sp³-hybridized carbons (Fsp3) is 0.233. The van der Waals surface area contributed by atoms with E-state index in [1.165, 1.54) is 58.6 Å². The molecule has 13 heteroatoms. The van der Waals surface area contributed by atoms with E-state index in [2.05, 4.69) is 25.5 Å². The van der Waals surface area contributed by atoms with E-state index in [0.29, 0.717) is 30.5 Å². The Labute approximate surface area is 254 Å². The molecule has 43 heavy (non-hydrogen) atoms. The number of fused-ring (bicyclic) bond motifs is 4. The monoisotopic (exact) mass is 600 g/mol. The molecule has 0 saturated carbocycles. The summed E-state index contributed by atoms with van der Waals surface area (Å²) in [6.07, 6.45) is 8.23. The molecule has 216 valence electrons. The third-order valence-electron chi connectivity index (χ3n) is 7.44. The summed E-state index contributed by atoms with van der Waals surface area (Å²) < 4.78 is 43.0. The lowest BCUT2D eigenvalue weighted by Crippen LogP contribution is -2.27. The molecule has 1 aliphatic rings. The molecule has 1 N–H and O–H groups in total. The van der Waals surface area contributed by atoms with Crippen LogP contribution in [-0.2, 0) is 11.8 Å². The van der Waals surface area contributed by atoms with Crippen LogP contribution in [0.1, 0.15) is 47.6 Å². The van der Waals surface area contributed by atoms with E-state index >= 15 is 4.39 Å². The number of halogens is 2. The van der Waals surface area contributed by atoms with Crippen LogP contribution < -0.4 is 10.9 Å². The molecule has 1 aromatic carbocycles. The summed E-state index contributed by atoms with van der Waals surface area (Å²) in [5.74, 6) is -1.54. The van der Waals surface area contributed by atoms with Crippen molar-refractivity contribution in [3.05, 3.63) is 93.9 Å². The number of anilines is 1. The van der Waals surface area contributed by atoms with Crippen LogP contribution in [0.2, 0.25) is 5.02 Å². The average Bonchev–Trinajstić information content (AvgIpc) is 3.68. The Morgan fingerprint density at radius 3 is 2.79 bits per heavy atom. The standard InChI is InChI=1S/C30H25ClFN9O2/c1-17-4-3-5-24(21-10-19(8-9-34-21)29-23(38-30(17)43)14-36-39(29)2)40-16-35-22(11-26(40)42)27-25(7-6-20(31)28(27)32)41-15-18(12-33)13-37-41/h6-11,13-17,24H,3-5H2,1-2H3,(H,38,43)/t17-,24+/m1/s1/i2D3. The minimum atomic E-state index is -2.64. The lowest BCUT2D eigenvalue weighted by Gasteiger charge is -2.22. The first-order valence-electron chi connectivity index (χ1n) is 14.8. The number of carbonyl (C=O) groups excluding carboxylic acids is 1. The highest BCUT2D eigenvalue weighted by Gasteiger charge is 2.25. The summed E-state index contributed by atoms with van der Waals surface area (Å²) in [6.45, 7) is -0.873. The molecular weight excluding hydrogens is 573 g/mol. The van der Waals surface area contributed by atoms with E-state index < -0.39 is 30.3 Å².